The Labute approximate surface area is 86.4 Å². The molecular weight excluding hydrogens is 196 g/mol. The number of carbonyl (C=O) groups is 2. The molecule has 80 valence electrons. The summed E-state index contributed by atoms with van der Waals surface area (Å²) in [6.07, 6.45) is 3.43. The second-order valence-electron chi connectivity index (χ2n) is 3.68. The van der Waals surface area contributed by atoms with Crippen LogP contribution in [0.4, 0.5) is 0 Å². The number of amides is 2. The summed E-state index contributed by atoms with van der Waals surface area (Å²) in [5, 5.41) is 6.67. The average molecular weight is 208 g/mol. The first kappa shape index (κ1) is 9.70. The van der Waals surface area contributed by atoms with E-state index in [1.165, 1.54) is 10.9 Å². The summed E-state index contributed by atoms with van der Waals surface area (Å²) in [6, 6.07) is 0.236. The number of aromatic nitrogens is 2. The molecule has 0 bridgehead atoms. The van der Waals surface area contributed by atoms with Crippen LogP contribution in [-0.4, -0.2) is 27.6 Å². The Kier molecular flexibility index (Phi) is 2.18. The zero-order chi connectivity index (χ0) is 11.0. The Balaban J connectivity index is 2.24. The fraction of sp³-hybridized carbons (Fsp3) is 0.444. The van der Waals surface area contributed by atoms with Gasteiger partial charge >= 0.3 is 0 Å². The Morgan fingerprint density at radius 3 is 2.80 bits per heavy atom. The summed E-state index contributed by atoms with van der Waals surface area (Å²) in [5.74, 6) is -0.962. The molecule has 2 amide bonds. The molecular formula is C9H12N4O2. The minimum Gasteiger partial charge on any atom is -0.365 e. The quantitative estimate of drug-likeness (QED) is 0.695. The molecule has 1 fully saturated rings. The Morgan fingerprint density at radius 2 is 2.27 bits per heavy atom. The number of carbonyl (C=O) groups excluding carboxylic acids is 2. The molecule has 0 saturated heterocycles. The molecule has 0 unspecified atom stereocenters. The van der Waals surface area contributed by atoms with E-state index in [0.29, 0.717) is 0 Å². The van der Waals surface area contributed by atoms with Crippen molar-refractivity contribution in [3.8, 4) is 0 Å². The molecule has 1 aromatic rings. The van der Waals surface area contributed by atoms with E-state index in [-0.39, 0.29) is 23.2 Å². The smallest absolute Gasteiger partial charge is 0.272 e. The minimum absolute atomic E-state index is 0.108. The highest BCUT2D eigenvalue weighted by Crippen LogP contribution is 2.19. The molecule has 15 heavy (non-hydrogen) atoms. The molecule has 0 aliphatic heterocycles. The van der Waals surface area contributed by atoms with Crippen molar-refractivity contribution in [3.63, 3.8) is 0 Å². The molecule has 1 heterocycles. The highest BCUT2D eigenvalue weighted by atomic mass is 16.2. The number of primary amides is 1. The molecule has 2 rings (SSSR count). The topological polar surface area (TPSA) is 90.0 Å². The van der Waals surface area contributed by atoms with Gasteiger partial charge in [0.1, 0.15) is 0 Å². The highest BCUT2D eigenvalue weighted by molar-refractivity contribution is 6.05. The lowest BCUT2D eigenvalue weighted by molar-refractivity contribution is 0.0929. The van der Waals surface area contributed by atoms with Crippen LogP contribution in [0, 0.1) is 0 Å². The third-order valence-electron chi connectivity index (χ3n) is 2.22. The molecule has 1 saturated carbocycles. The predicted molar refractivity (Wildman–Crippen MR) is 52.2 cm³/mol. The van der Waals surface area contributed by atoms with Gasteiger partial charge in [0.25, 0.3) is 11.8 Å². The van der Waals surface area contributed by atoms with Crippen LogP contribution in [-0.2, 0) is 7.05 Å². The Bertz CT molecular complexity index is 420. The van der Waals surface area contributed by atoms with Crippen molar-refractivity contribution in [3.05, 3.63) is 17.5 Å². The summed E-state index contributed by atoms with van der Waals surface area (Å²) in [5.41, 5.74) is 5.41. The van der Waals surface area contributed by atoms with Gasteiger partial charge in [-0.2, -0.15) is 5.10 Å². The molecule has 0 spiro atoms. The first-order chi connectivity index (χ1) is 7.08. The van der Waals surface area contributed by atoms with Gasteiger partial charge in [0, 0.05) is 19.3 Å². The van der Waals surface area contributed by atoms with Gasteiger partial charge in [0.2, 0.25) is 0 Å². The summed E-state index contributed by atoms with van der Waals surface area (Å²) >= 11 is 0. The van der Waals surface area contributed by atoms with E-state index < -0.39 is 5.91 Å². The first-order valence-corrected chi connectivity index (χ1v) is 4.72. The van der Waals surface area contributed by atoms with Crippen LogP contribution in [0.25, 0.3) is 0 Å². The van der Waals surface area contributed by atoms with Crippen molar-refractivity contribution >= 4 is 11.8 Å². The second-order valence-corrected chi connectivity index (χ2v) is 3.68. The predicted octanol–water partition coefficient (Wildman–Crippen LogP) is -0.589. The summed E-state index contributed by atoms with van der Waals surface area (Å²) in [4.78, 5) is 22.7. The number of nitrogens with two attached hydrogens (primary N) is 1. The van der Waals surface area contributed by atoms with Crippen molar-refractivity contribution < 1.29 is 9.59 Å². The standard InChI is InChI=1S/C9H12N4O2/c1-13-4-6(8(10)14)7(12-13)9(15)11-5-2-3-5/h4-5H,2-3H2,1H3,(H2,10,14)(H,11,15). The molecule has 0 radical (unpaired) electrons. The van der Waals surface area contributed by atoms with Crippen molar-refractivity contribution in [2.24, 2.45) is 12.8 Å². The number of hydrogen-bond donors (Lipinski definition) is 2. The Morgan fingerprint density at radius 1 is 1.60 bits per heavy atom. The zero-order valence-corrected chi connectivity index (χ0v) is 8.36. The molecule has 1 aliphatic rings. The molecule has 6 heteroatoms. The third kappa shape index (κ3) is 1.98. The molecule has 0 aromatic carbocycles. The van der Waals surface area contributed by atoms with E-state index >= 15 is 0 Å². The SMILES string of the molecule is Cn1cc(C(N)=O)c(C(=O)NC2CC2)n1. The molecule has 1 aromatic heterocycles. The number of aryl methyl sites for hydroxylation is 1. The number of hydrogen-bond acceptors (Lipinski definition) is 3. The lowest BCUT2D eigenvalue weighted by Gasteiger charge is -2.00. The van der Waals surface area contributed by atoms with Crippen molar-refractivity contribution in [1.82, 2.24) is 15.1 Å². The summed E-state index contributed by atoms with van der Waals surface area (Å²) < 4.78 is 1.40. The van der Waals surface area contributed by atoms with Gasteiger partial charge in [-0.1, -0.05) is 0 Å². The lowest BCUT2D eigenvalue weighted by atomic mass is 10.2. The fourth-order valence-electron chi connectivity index (χ4n) is 1.32. The van der Waals surface area contributed by atoms with Gasteiger partial charge in [0.15, 0.2) is 5.69 Å². The average Bonchev–Trinajstić information content (AvgIpc) is 2.86. The number of nitrogens with one attached hydrogen (secondary N) is 1. The summed E-state index contributed by atoms with van der Waals surface area (Å²) in [6.45, 7) is 0. The lowest BCUT2D eigenvalue weighted by Crippen LogP contribution is -2.28. The minimum atomic E-state index is -0.635. The summed E-state index contributed by atoms with van der Waals surface area (Å²) in [7, 11) is 1.64. The Hall–Kier alpha value is -1.85. The van der Waals surface area contributed by atoms with Gasteiger partial charge in [-0.15, -0.1) is 0 Å². The van der Waals surface area contributed by atoms with Crippen molar-refractivity contribution in [1.29, 1.82) is 0 Å². The molecule has 3 N–H and O–H groups in total. The number of nitrogens with zero attached hydrogens (tertiary/aromatic N) is 2. The van der Waals surface area contributed by atoms with Gasteiger partial charge in [0.05, 0.1) is 5.56 Å². The van der Waals surface area contributed by atoms with E-state index in [1.54, 1.807) is 7.05 Å². The van der Waals surface area contributed by atoms with Crippen LogP contribution in [0.2, 0.25) is 0 Å². The maximum absolute atomic E-state index is 11.6. The van der Waals surface area contributed by atoms with Crippen LogP contribution in [0.5, 0.6) is 0 Å². The molecule has 6 nitrogen and oxygen atoms in total. The van der Waals surface area contributed by atoms with Crippen LogP contribution >= 0.6 is 0 Å². The van der Waals surface area contributed by atoms with Crippen molar-refractivity contribution in [2.75, 3.05) is 0 Å². The van der Waals surface area contributed by atoms with Crippen LogP contribution in [0.3, 0.4) is 0 Å². The number of rotatable bonds is 3. The van der Waals surface area contributed by atoms with E-state index in [0.717, 1.165) is 12.8 Å². The maximum atomic E-state index is 11.6. The highest BCUT2D eigenvalue weighted by Gasteiger charge is 2.27. The van der Waals surface area contributed by atoms with Crippen LogP contribution in [0.15, 0.2) is 6.20 Å². The first-order valence-electron chi connectivity index (χ1n) is 4.72. The zero-order valence-electron chi connectivity index (χ0n) is 8.36. The maximum Gasteiger partial charge on any atom is 0.272 e. The van der Waals surface area contributed by atoms with Gasteiger partial charge < -0.3 is 11.1 Å². The van der Waals surface area contributed by atoms with E-state index in [2.05, 4.69) is 10.4 Å². The third-order valence-corrected chi connectivity index (χ3v) is 2.22. The normalized spacial score (nSPS) is 15.0. The van der Waals surface area contributed by atoms with Gasteiger partial charge in [-0.05, 0) is 12.8 Å². The second kappa shape index (κ2) is 3.38. The van der Waals surface area contributed by atoms with Crippen molar-refractivity contribution in [2.45, 2.75) is 18.9 Å². The van der Waals surface area contributed by atoms with Crippen LogP contribution < -0.4 is 11.1 Å². The van der Waals surface area contributed by atoms with Gasteiger partial charge in [-0.3, -0.25) is 14.3 Å². The van der Waals surface area contributed by atoms with E-state index in [4.69, 9.17) is 5.73 Å². The largest absolute Gasteiger partial charge is 0.365 e. The molecule has 0 atom stereocenters. The molecule has 1 aliphatic carbocycles. The fourth-order valence-corrected chi connectivity index (χ4v) is 1.32. The van der Waals surface area contributed by atoms with E-state index in [9.17, 15) is 9.59 Å². The van der Waals surface area contributed by atoms with Gasteiger partial charge in [-0.25, -0.2) is 0 Å². The van der Waals surface area contributed by atoms with Crippen LogP contribution in [0.1, 0.15) is 33.7 Å². The monoisotopic (exact) mass is 208 g/mol. The van der Waals surface area contributed by atoms with E-state index in [1.807, 2.05) is 0 Å².